The first-order valence-electron chi connectivity index (χ1n) is 4.27. The Labute approximate surface area is 78.0 Å². The first-order chi connectivity index (χ1) is 5.79. The molecule has 0 bridgehead atoms. The van der Waals surface area contributed by atoms with Crippen LogP contribution >= 0.6 is 11.6 Å². The van der Waals surface area contributed by atoms with Crippen LogP contribution in [0, 0.1) is 0 Å². The molecule has 0 atom stereocenters. The molecule has 0 aliphatic heterocycles. The highest BCUT2D eigenvalue weighted by Gasteiger charge is 2.06. The average molecular weight is 185 g/mol. The maximum absolute atomic E-state index is 5.94. The third kappa shape index (κ3) is 1.95. The fourth-order valence-electron chi connectivity index (χ4n) is 1.23. The van der Waals surface area contributed by atoms with Crippen molar-refractivity contribution in [2.75, 3.05) is 0 Å². The lowest BCUT2D eigenvalue weighted by Gasteiger charge is -2.05. The predicted octanol–water partition coefficient (Wildman–Crippen LogP) is 2.64. The van der Waals surface area contributed by atoms with Crippen LogP contribution in [0.25, 0.3) is 0 Å². The first kappa shape index (κ1) is 9.46. The van der Waals surface area contributed by atoms with Gasteiger partial charge in [-0.2, -0.15) is 0 Å². The van der Waals surface area contributed by atoms with Gasteiger partial charge >= 0.3 is 0 Å². The molecule has 0 spiro atoms. The van der Waals surface area contributed by atoms with Crippen LogP contribution in [0.4, 0.5) is 0 Å². The zero-order chi connectivity index (χ0) is 8.97. The largest absolute Gasteiger partial charge is 0.241 e. The summed E-state index contributed by atoms with van der Waals surface area (Å²) in [7, 11) is 0. The maximum Gasteiger partial charge on any atom is 0.135 e. The summed E-state index contributed by atoms with van der Waals surface area (Å²) < 4.78 is 0. The summed E-state index contributed by atoms with van der Waals surface area (Å²) in [5.74, 6) is 0. The van der Waals surface area contributed by atoms with Crippen molar-refractivity contribution in [3.63, 3.8) is 0 Å². The Bertz CT molecular complexity index is 261. The molecule has 0 aromatic carbocycles. The summed E-state index contributed by atoms with van der Waals surface area (Å²) in [6, 6.07) is 0. The molecule has 66 valence electrons. The van der Waals surface area contributed by atoms with Crippen molar-refractivity contribution in [1.29, 1.82) is 0 Å². The summed E-state index contributed by atoms with van der Waals surface area (Å²) in [5, 5.41) is 0.615. The lowest BCUT2D eigenvalue weighted by molar-refractivity contribution is 0.859. The fourth-order valence-corrected chi connectivity index (χ4v) is 1.47. The average Bonchev–Trinajstić information content (AvgIpc) is 2.09. The van der Waals surface area contributed by atoms with Gasteiger partial charge in [-0.15, -0.1) is 0 Å². The number of aryl methyl sites for hydroxylation is 1. The highest BCUT2D eigenvalue weighted by Crippen LogP contribution is 2.17. The summed E-state index contributed by atoms with van der Waals surface area (Å²) in [6.07, 6.45) is 4.51. The molecule has 0 aliphatic rings. The number of hydrogen-bond donors (Lipinski definition) is 0. The monoisotopic (exact) mass is 184 g/mol. The van der Waals surface area contributed by atoms with E-state index in [4.69, 9.17) is 11.6 Å². The minimum Gasteiger partial charge on any atom is -0.241 e. The Morgan fingerprint density at radius 1 is 1.33 bits per heavy atom. The van der Waals surface area contributed by atoms with Gasteiger partial charge in [0.05, 0.1) is 0 Å². The molecule has 1 rings (SSSR count). The molecule has 12 heavy (non-hydrogen) atoms. The minimum absolute atomic E-state index is 0.615. The Balaban J connectivity index is 3.02. The Kier molecular flexibility index (Phi) is 3.48. The summed E-state index contributed by atoms with van der Waals surface area (Å²) in [5.41, 5.74) is 2.20. The van der Waals surface area contributed by atoms with Crippen LogP contribution < -0.4 is 0 Å². The zero-order valence-electron chi connectivity index (χ0n) is 7.47. The first-order valence-corrected chi connectivity index (χ1v) is 4.65. The highest BCUT2D eigenvalue weighted by molar-refractivity contribution is 6.30. The van der Waals surface area contributed by atoms with Gasteiger partial charge < -0.3 is 0 Å². The Morgan fingerprint density at radius 2 is 2.08 bits per heavy atom. The van der Waals surface area contributed by atoms with Gasteiger partial charge in [-0.1, -0.05) is 31.9 Å². The van der Waals surface area contributed by atoms with E-state index >= 15 is 0 Å². The second-order valence-corrected chi connectivity index (χ2v) is 3.05. The number of halogens is 1. The second-order valence-electron chi connectivity index (χ2n) is 2.69. The van der Waals surface area contributed by atoms with Gasteiger partial charge in [-0.25, -0.2) is 9.97 Å². The quantitative estimate of drug-likeness (QED) is 0.675. The molecule has 0 N–H and O–H groups in total. The van der Waals surface area contributed by atoms with Crippen LogP contribution in [0.5, 0.6) is 0 Å². The van der Waals surface area contributed by atoms with Crippen LogP contribution in [0.1, 0.15) is 31.5 Å². The number of hydrogen-bond acceptors (Lipinski definition) is 2. The smallest absolute Gasteiger partial charge is 0.135 e. The normalized spacial score (nSPS) is 10.2. The molecule has 1 heterocycles. The second kappa shape index (κ2) is 4.41. The van der Waals surface area contributed by atoms with E-state index in [0.717, 1.165) is 30.5 Å². The lowest BCUT2D eigenvalue weighted by Crippen LogP contribution is -1.98. The molecule has 0 unspecified atom stereocenters. The number of nitrogens with zero attached hydrogens (tertiary/aromatic N) is 2. The SMILES string of the molecule is CCCc1c(Cl)ncnc1CC. The third-order valence-electron chi connectivity index (χ3n) is 1.82. The van der Waals surface area contributed by atoms with E-state index in [9.17, 15) is 0 Å². The van der Waals surface area contributed by atoms with Gasteiger partial charge in [-0.05, 0) is 12.8 Å². The predicted molar refractivity (Wildman–Crippen MR) is 50.4 cm³/mol. The van der Waals surface area contributed by atoms with Gasteiger partial charge in [0.15, 0.2) is 0 Å². The van der Waals surface area contributed by atoms with Gasteiger partial charge in [0.1, 0.15) is 11.5 Å². The van der Waals surface area contributed by atoms with E-state index < -0.39 is 0 Å². The zero-order valence-corrected chi connectivity index (χ0v) is 8.23. The van der Waals surface area contributed by atoms with Gasteiger partial charge in [0, 0.05) is 11.3 Å². The molecular weight excluding hydrogens is 172 g/mol. The van der Waals surface area contributed by atoms with Crippen molar-refractivity contribution in [3.05, 3.63) is 22.7 Å². The van der Waals surface area contributed by atoms with Gasteiger partial charge in [0.25, 0.3) is 0 Å². The Hall–Kier alpha value is -0.630. The number of aromatic nitrogens is 2. The van der Waals surface area contributed by atoms with Gasteiger partial charge in [0.2, 0.25) is 0 Å². The fraction of sp³-hybridized carbons (Fsp3) is 0.556. The van der Waals surface area contributed by atoms with Gasteiger partial charge in [-0.3, -0.25) is 0 Å². The van der Waals surface area contributed by atoms with Crippen molar-refractivity contribution < 1.29 is 0 Å². The van der Waals surface area contributed by atoms with Crippen molar-refractivity contribution in [1.82, 2.24) is 9.97 Å². The van der Waals surface area contributed by atoms with Crippen LogP contribution in [0.15, 0.2) is 6.33 Å². The summed E-state index contributed by atoms with van der Waals surface area (Å²) in [4.78, 5) is 8.14. The van der Waals surface area contributed by atoms with Crippen molar-refractivity contribution in [3.8, 4) is 0 Å². The van der Waals surface area contributed by atoms with Crippen molar-refractivity contribution in [2.45, 2.75) is 33.1 Å². The van der Waals surface area contributed by atoms with E-state index in [1.807, 2.05) is 0 Å². The van der Waals surface area contributed by atoms with Crippen LogP contribution in [0.3, 0.4) is 0 Å². The third-order valence-corrected chi connectivity index (χ3v) is 2.14. The molecule has 0 fully saturated rings. The maximum atomic E-state index is 5.94. The van der Waals surface area contributed by atoms with E-state index in [1.165, 1.54) is 6.33 Å². The van der Waals surface area contributed by atoms with Crippen LogP contribution in [0.2, 0.25) is 5.15 Å². The van der Waals surface area contributed by atoms with Crippen molar-refractivity contribution in [2.24, 2.45) is 0 Å². The molecule has 0 aliphatic carbocycles. The summed E-state index contributed by atoms with van der Waals surface area (Å²) in [6.45, 7) is 4.21. The Morgan fingerprint density at radius 3 is 2.67 bits per heavy atom. The molecule has 1 aromatic heterocycles. The molecule has 0 saturated carbocycles. The van der Waals surface area contributed by atoms with E-state index in [1.54, 1.807) is 0 Å². The van der Waals surface area contributed by atoms with E-state index in [-0.39, 0.29) is 0 Å². The standard InChI is InChI=1S/C9H13ClN2/c1-3-5-7-8(4-2)11-6-12-9(7)10/h6H,3-5H2,1-2H3. The molecule has 0 amide bonds. The molecule has 0 saturated heterocycles. The highest BCUT2D eigenvalue weighted by atomic mass is 35.5. The molecular formula is C9H13ClN2. The van der Waals surface area contributed by atoms with Crippen LogP contribution in [-0.4, -0.2) is 9.97 Å². The molecule has 0 radical (unpaired) electrons. The summed E-state index contributed by atoms with van der Waals surface area (Å²) >= 11 is 5.94. The molecule has 2 nitrogen and oxygen atoms in total. The van der Waals surface area contributed by atoms with E-state index in [2.05, 4.69) is 23.8 Å². The molecule has 1 aromatic rings. The lowest BCUT2D eigenvalue weighted by atomic mass is 10.1. The topological polar surface area (TPSA) is 25.8 Å². The van der Waals surface area contributed by atoms with Crippen LogP contribution in [-0.2, 0) is 12.8 Å². The van der Waals surface area contributed by atoms with Crippen molar-refractivity contribution >= 4 is 11.6 Å². The number of rotatable bonds is 3. The minimum atomic E-state index is 0.615. The molecule has 3 heteroatoms. The van der Waals surface area contributed by atoms with E-state index in [0.29, 0.717) is 5.15 Å².